The zero-order valence-electron chi connectivity index (χ0n) is 14.8. The van der Waals surface area contributed by atoms with Gasteiger partial charge in [-0.25, -0.2) is 13.5 Å². The first kappa shape index (κ1) is 22.0. The number of rotatable bonds is 8. The Balaban J connectivity index is 2.44. The molecule has 2 aromatic rings. The molecular weight excluding hydrogens is 464 g/mol. The summed E-state index contributed by atoms with van der Waals surface area (Å²) in [6.07, 6.45) is 0.306. The lowest BCUT2D eigenvalue weighted by Crippen LogP contribution is -2.29. The van der Waals surface area contributed by atoms with Crippen LogP contribution in [0.15, 0.2) is 22.6 Å². The summed E-state index contributed by atoms with van der Waals surface area (Å²) in [5, 5.41) is 10.6. The Hall–Kier alpha value is -1.27. The lowest BCUT2D eigenvalue weighted by molar-refractivity contribution is 0.438. The highest BCUT2D eigenvalue weighted by Crippen LogP contribution is 2.48. The van der Waals surface area contributed by atoms with E-state index in [0.29, 0.717) is 6.42 Å². The van der Waals surface area contributed by atoms with Crippen molar-refractivity contribution in [1.29, 1.82) is 0 Å². The first-order valence-corrected chi connectivity index (χ1v) is 13.4. The summed E-state index contributed by atoms with van der Waals surface area (Å²) in [6.45, 7) is 5.85. The number of furan rings is 1. The maximum atomic E-state index is 13.6. The minimum Gasteiger partial charge on any atom is -0.760 e. The normalized spacial score (nSPS) is 14.2. The van der Waals surface area contributed by atoms with Gasteiger partial charge in [-0.3, -0.25) is 4.21 Å². The Morgan fingerprint density at radius 2 is 2.04 bits per heavy atom. The molecule has 6 nitrogen and oxygen atoms in total. The fourth-order valence-corrected chi connectivity index (χ4v) is 3.89. The highest BCUT2D eigenvalue weighted by molar-refractivity contribution is 9.09. The van der Waals surface area contributed by atoms with Crippen LogP contribution in [-0.2, 0) is 11.3 Å². The van der Waals surface area contributed by atoms with Crippen LogP contribution < -0.4 is 9.15 Å². The molecule has 0 bridgehead atoms. The van der Waals surface area contributed by atoms with Crippen molar-refractivity contribution in [1.82, 2.24) is 4.72 Å². The minimum absolute atomic E-state index is 0.0537. The zero-order valence-corrected chi connectivity index (χ0v) is 18.2. The average Bonchev–Trinajstić information content (AvgIpc) is 2.85. The van der Waals surface area contributed by atoms with Crippen LogP contribution >= 0.6 is 15.9 Å². The molecule has 0 aliphatic heterocycles. The van der Waals surface area contributed by atoms with Gasteiger partial charge in [0.15, 0.2) is 28.9 Å². The van der Waals surface area contributed by atoms with Crippen molar-refractivity contribution >= 4 is 35.5 Å². The van der Waals surface area contributed by atoms with Crippen molar-refractivity contribution < 1.29 is 31.5 Å². The number of hydrogen-bond donors (Lipinski definition) is 2. The topological polar surface area (TPSA) is 94.8 Å². The van der Waals surface area contributed by atoms with Crippen molar-refractivity contribution in [3.63, 3.8) is 0 Å². The van der Waals surface area contributed by atoms with Crippen molar-refractivity contribution in [2.75, 3.05) is 6.54 Å². The summed E-state index contributed by atoms with van der Waals surface area (Å²) in [5.74, 6) is -2.11. The SMILES string of the molecule is C[Si](C)(C)Oc1c(C(Br)CCNS(=O)[O-])oc(-c2ccc(F)c(F)c2)c1O. The number of halogens is 3. The molecule has 0 amide bonds. The Morgan fingerprint density at radius 1 is 1.37 bits per heavy atom. The fraction of sp³-hybridized carbons (Fsp3) is 0.375. The molecule has 1 aromatic carbocycles. The highest BCUT2D eigenvalue weighted by Gasteiger charge is 2.30. The van der Waals surface area contributed by atoms with E-state index in [-0.39, 0.29) is 35.1 Å². The lowest BCUT2D eigenvalue weighted by Gasteiger charge is -2.20. The summed E-state index contributed by atoms with van der Waals surface area (Å²) < 4.78 is 61.9. The minimum atomic E-state index is -2.40. The van der Waals surface area contributed by atoms with E-state index in [1.165, 1.54) is 6.07 Å². The Bertz CT molecular complexity index is 843. The van der Waals surface area contributed by atoms with Gasteiger partial charge < -0.3 is 18.5 Å². The summed E-state index contributed by atoms with van der Waals surface area (Å²) in [4.78, 5) is -0.482. The third-order valence-electron chi connectivity index (χ3n) is 3.36. The third kappa shape index (κ3) is 5.85. The van der Waals surface area contributed by atoms with Gasteiger partial charge >= 0.3 is 0 Å². The molecule has 2 rings (SSSR count). The van der Waals surface area contributed by atoms with Crippen LogP contribution in [0.2, 0.25) is 19.6 Å². The molecule has 0 radical (unpaired) electrons. The van der Waals surface area contributed by atoms with Crippen LogP contribution in [0.1, 0.15) is 17.0 Å². The van der Waals surface area contributed by atoms with Gasteiger partial charge in [0.2, 0.25) is 14.1 Å². The largest absolute Gasteiger partial charge is 0.760 e. The molecule has 27 heavy (non-hydrogen) atoms. The molecule has 0 fully saturated rings. The van der Waals surface area contributed by atoms with Crippen LogP contribution in [-0.4, -0.2) is 28.7 Å². The number of aromatic hydroxyl groups is 1. The van der Waals surface area contributed by atoms with Crippen molar-refractivity contribution in [3.8, 4) is 22.8 Å². The van der Waals surface area contributed by atoms with Crippen molar-refractivity contribution in [3.05, 3.63) is 35.6 Å². The van der Waals surface area contributed by atoms with Gasteiger partial charge in [-0.1, -0.05) is 15.9 Å². The molecule has 0 saturated heterocycles. The summed E-state index contributed by atoms with van der Waals surface area (Å²) in [6, 6.07) is 3.14. The highest BCUT2D eigenvalue weighted by atomic mass is 79.9. The second-order valence-corrected chi connectivity index (χ2v) is 13.0. The molecule has 0 aliphatic carbocycles. The Kier molecular flexibility index (Phi) is 7.19. The van der Waals surface area contributed by atoms with Crippen LogP contribution in [0.3, 0.4) is 0 Å². The molecule has 11 heteroatoms. The number of benzene rings is 1. The average molecular weight is 483 g/mol. The van der Waals surface area contributed by atoms with E-state index in [1.807, 2.05) is 19.6 Å². The Morgan fingerprint density at radius 3 is 2.59 bits per heavy atom. The van der Waals surface area contributed by atoms with E-state index < -0.39 is 36.0 Å². The predicted molar refractivity (Wildman–Crippen MR) is 103 cm³/mol. The van der Waals surface area contributed by atoms with Crippen LogP contribution in [0, 0.1) is 11.6 Å². The van der Waals surface area contributed by atoms with Crippen LogP contribution in [0.25, 0.3) is 11.3 Å². The number of alkyl halides is 1. The first-order valence-electron chi connectivity index (χ1n) is 7.96. The maximum absolute atomic E-state index is 13.6. The van der Waals surface area contributed by atoms with Crippen molar-refractivity contribution in [2.24, 2.45) is 0 Å². The van der Waals surface area contributed by atoms with E-state index in [2.05, 4.69) is 20.7 Å². The second-order valence-electron chi connectivity index (χ2n) is 6.70. The molecule has 150 valence electrons. The lowest BCUT2D eigenvalue weighted by atomic mass is 10.1. The molecule has 1 heterocycles. The Labute approximate surface area is 167 Å². The van der Waals surface area contributed by atoms with Crippen LogP contribution in [0.5, 0.6) is 11.5 Å². The van der Waals surface area contributed by atoms with Gasteiger partial charge in [0.05, 0.1) is 4.83 Å². The molecule has 1 aromatic heterocycles. The van der Waals surface area contributed by atoms with Gasteiger partial charge in [-0.15, -0.1) is 0 Å². The van der Waals surface area contributed by atoms with E-state index in [4.69, 9.17) is 8.84 Å². The quantitative estimate of drug-likeness (QED) is 0.331. The molecule has 2 N–H and O–H groups in total. The second kappa shape index (κ2) is 8.82. The molecule has 0 saturated carbocycles. The van der Waals surface area contributed by atoms with Gasteiger partial charge in [0, 0.05) is 23.4 Å². The zero-order chi connectivity index (χ0) is 20.4. The summed E-state index contributed by atoms with van der Waals surface area (Å²) >= 11 is 1.00. The van der Waals surface area contributed by atoms with E-state index >= 15 is 0 Å². The third-order valence-corrected chi connectivity index (χ3v) is 5.49. The molecule has 2 atom stereocenters. The van der Waals surface area contributed by atoms with Crippen LogP contribution in [0.4, 0.5) is 8.78 Å². The van der Waals surface area contributed by atoms with E-state index in [1.54, 1.807) is 0 Å². The monoisotopic (exact) mass is 482 g/mol. The van der Waals surface area contributed by atoms with Gasteiger partial charge in [-0.05, 0) is 44.3 Å². The van der Waals surface area contributed by atoms with Gasteiger partial charge in [-0.2, -0.15) is 0 Å². The standard InChI is InChI=1S/C16H20BrF2NO5SSi/c1-27(2,3)25-16-13(21)14(9-4-5-11(18)12(19)8-9)24-15(16)10(17)6-7-20-26(22)23/h4-5,8,10,20-21H,6-7H2,1-3H3,(H,22,23)/p-1. The van der Waals surface area contributed by atoms with Gasteiger partial charge in [0.1, 0.15) is 0 Å². The molecular formula is C16H19BrF2NO5SSi-. The maximum Gasteiger partial charge on any atom is 0.242 e. The molecule has 0 spiro atoms. The predicted octanol–water partition coefficient (Wildman–Crippen LogP) is 4.35. The van der Waals surface area contributed by atoms with Gasteiger partial charge in [0.25, 0.3) is 0 Å². The number of nitrogens with one attached hydrogen (secondary N) is 1. The van der Waals surface area contributed by atoms with E-state index in [9.17, 15) is 22.6 Å². The first-order chi connectivity index (χ1) is 12.5. The molecule has 2 unspecified atom stereocenters. The molecule has 0 aliphatic rings. The smallest absolute Gasteiger partial charge is 0.242 e. The summed E-state index contributed by atoms with van der Waals surface area (Å²) in [5.41, 5.74) is 0.150. The van der Waals surface area contributed by atoms with Crippen molar-refractivity contribution in [2.45, 2.75) is 30.9 Å². The fourth-order valence-electron chi connectivity index (χ4n) is 2.27. The van der Waals surface area contributed by atoms with E-state index in [0.717, 1.165) is 12.1 Å². The number of hydrogen-bond acceptors (Lipinski definition) is 5. The summed E-state index contributed by atoms with van der Waals surface area (Å²) in [7, 11) is -2.15.